The molecule has 0 aliphatic rings. The molecule has 0 spiro atoms. The number of carbonyl (C=O) groups excluding carboxylic acids is 2. The van der Waals surface area contributed by atoms with Crippen LogP contribution in [0.1, 0.15) is 17.3 Å². The van der Waals surface area contributed by atoms with Gasteiger partial charge in [-0.3, -0.25) is 4.79 Å². The highest BCUT2D eigenvalue weighted by Crippen LogP contribution is 2.05. The first kappa shape index (κ1) is 15.4. The van der Waals surface area contributed by atoms with Crippen molar-refractivity contribution in [3.8, 4) is 0 Å². The highest BCUT2D eigenvalue weighted by atomic mass is 17.0. The average molecular weight is 282 g/mol. The fourth-order valence-electron chi connectivity index (χ4n) is 1.51. The summed E-state index contributed by atoms with van der Waals surface area (Å²) in [5.41, 5.74) is 0.315. The monoisotopic (exact) mass is 282 g/mol. The smallest absolute Gasteiger partial charge is 0.330 e. The molecular formula is C12H14N2O6. The fraction of sp³-hybridized carbons (Fsp3) is 0.333. The Bertz CT molecular complexity index is 490. The Balaban J connectivity index is 2.82. The number of rotatable bonds is 6. The molecule has 108 valence electrons. The van der Waals surface area contributed by atoms with Crippen molar-refractivity contribution in [3.63, 3.8) is 0 Å². The molecule has 0 saturated carbocycles. The second-order valence-electron chi connectivity index (χ2n) is 3.87. The number of amides is 1. The molecule has 20 heavy (non-hydrogen) atoms. The number of nitrogens with one attached hydrogen (secondary N) is 1. The van der Waals surface area contributed by atoms with Crippen LogP contribution in [0.5, 0.6) is 0 Å². The summed E-state index contributed by atoms with van der Waals surface area (Å²) in [6.45, 7) is 1.29. The minimum atomic E-state index is -1.28. The van der Waals surface area contributed by atoms with Crippen LogP contribution in [-0.4, -0.2) is 36.2 Å². The maximum absolute atomic E-state index is 11.9. The lowest BCUT2D eigenvalue weighted by Crippen LogP contribution is -2.49. The Morgan fingerprint density at radius 2 is 1.90 bits per heavy atom. The fourth-order valence-corrected chi connectivity index (χ4v) is 1.51. The number of hydrogen-bond donors (Lipinski definition) is 1. The van der Waals surface area contributed by atoms with Gasteiger partial charge in [0.1, 0.15) is 6.10 Å². The van der Waals surface area contributed by atoms with Crippen LogP contribution in [0.2, 0.25) is 0 Å². The van der Waals surface area contributed by atoms with Gasteiger partial charge in [-0.25, -0.2) is 4.79 Å². The highest BCUT2D eigenvalue weighted by Gasteiger charge is 2.30. The average Bonchev–Trinajstić information content (AvgIpc) is 2.43. The van der Waals surface area contributed by atoms with Crippen molar-refractivity contribution >= 4 is 11.9 Å². The SMILES string of the molecule is COC(=O)[C@@H](NC(=O)c1ccccc1)[C@@H](C)O[N+](=O)[O-]. The largest absolute Gasteiger partial charge is 0.467 e. The molecule has 0 aromatic heterocycles. The Labute approximate surface area is 114 Å². The molecule has 0 saturated heterocycles. The van der Waals surface area contributed by atoms with Crippen LogP contribution in [0.15, 0.2) is 30.3 Å². The summed E-state index contributed by atoms with van der Waals surface area (Å²) in [7, 11) is 1.11. The molecule has 0 aliphatic carbocycles. The summed E-state index contributed by atoms with van der Waals surface area (Å²) in [5.74, 6) is -1.39. The molecule has 1 rings (SSSR count). The molecule has 0 aliphatic heterocycles. The maximum atomic E-state index is 11.9. The minimum absolute atomic E-state index is 0.315. The van der Waals surface area contributed by atoms with Gasteiger partial charge in [0.25, 0.3) is 11.0 Å². The quantitative estimate of drug-likeness (QED) is 0.464. The van der Waals surface area contributed by atoms with E-state index in [0.717, 1.165) is 7.11 Å². The second kappa shape index (κ2) is 7.07. The number of hydrogen-bond acceptors (Lipinski definition) is 6. The zero-order valence-corrected chi connectivity index (χ0v) is 10.9. The molecular weight excluding hydrogens is 268 g/mol. The summed E-state index contributed by atoms with van der Waals surface area (Å²) in [6.07, 6.45) is -1.18. The first-order chi connectivity index (χ1) is 9.45. The molecule has 1 aromatic rings. The molecule has 0 fully saturated rings. The van der Waals surface area contributed by atoms with Crippen molar-refractivity contribution < 1.29 is 24.3 Å². The number of esters is 1. The van der Waals surface area contributed by atoms with Gasteiger partial charge in [0.15, 0.2) is 6.04 Å². The lowest BCUT2D eigenvalue weighted by Gasteiger charge is -2.21. The molecule has 2 atom stereocenters. The third kappa shape index (κ3) is 4.23. The van der Waals surface area contributed by atoms with Gasteiger partial charge in [0, 0.05) is 5.56 Å². The predicted octanol–water partition coefficient (Wildman–Crippen LogP) is 0.555. The van der Waals surface area contributed by atoms with Gasteiger partial charge in [0.05, 0.1) is 7.11 Å². The summed E-state index contributed by atoms with van der Waals surface area (Å²) < 4.78 is 4.50. The number of carbonyl (C=O) groups is 2. The van der Waals surface area contributed by atoms with Crippen molar-refractivity contribution in [2.75, 3.05) is 7.11 Å². The van der Waals surface area contributed by atoms with Crippen LogP contribution in [0, 0.1) is 10.1 Å². The molecule has 0 bridgehead atoms. The standard InChI is InChI=1S/C12H14N2O6/c1-8(20-14(17)18)10(12(16)19-2)13-11(15)9-6-4-3-5-7-9/h3-8,10H,1-2H3,(H,13,15)/t8-,10+/m1/s1. The Morgan fingerprint density at radius 1 is 1.30 bits per heavy atom. The van der Waals surface area contributed by atoms with Crippen LogP contribution in [-0.2, 0) is 14.4 Å². The molecule has 1 amide bonds. The summed E-state index contributed by atoms with van der Waals surface area (Å²) in [6, 6.07) is 6.84. The van der Waals surface area contributed by atoms with E-state index in [1.807, 2.05) is 0 Å². The Hall–Kier alpha value is -2.64. The Morgan fingerprint density at radius 3 is 2.40 bits per heavy atom. The van der Waals surface area contributed by atoms with Gasteiger partial charge in [-0.2, -0.15) is 0 Å². The molecule has 8 heteroatoms. The molecule has 1 N–H and O–H groups in total. The van der Waals surface area contributed by atoms with Crippen LogP contribution < -0.4 is 5.32 Å². The van der Waals surface area contributed by atoms with Crippen molar-refractivity contribution in [1.82, 2.24) is 5.32 Å². The lowest BCUT2D eigenvalue weighted by molar-refractivity contribution is -0.767. The minimum Gasteiger partial charge on any atom is -0.467 e. The van der Waals surface area contributed by atoms with Crippen LogP contribution in [0.3, 0.4) is 0 Å². The number of benzene rings is 1. The third-order valence-electron chi connectivity index (χ3n) is 2.50. The second-order valence-corrected chi connectivity index (χ2v) is 3.87. The van der Waals surface area contributed by atoms with Crippen LogP contribution in [0.25, 0.3) is 0 Å². The normalized spacial score (nSPS) is 12.9. The first-order valence-corrected chi connectivity index (χ1v) is 5.70. The van der Waals surface area contributed by atoms with Crippen LogP contribution in [0.4, 0.5) is 0 Å². The number of nitrogens with zero attached hydrogens (tertiary/aromatic N) is 1. The zero-order valence-electron chi connectivity index (χ0n) is 10.9. The van der Waals surface area contributed by atoms with Crippen molar-refractivity contribution in [2.24, 2.45) is 0 Å². The summed E-state index contributed by atoms with van der Waals surface area (Å²) in [5, 5.41) is 11.6. The van der Waals surface area contributed by atoms with E-state index < -0.39 is 29.1 Å². The van der Waals surface area contributed by atoms with Gasteiger partial charge in [-0.15, -0.1) is 10.1 Å². The Kier molecular flexibility index (Phi) is 5.45. The number of methoxy groups -OCH3 is 1. The highest BCUT2D eigenvalue weighted by molar-refractivity contribution is 5.96. The van der Waals surface area contributed by atoms with E-state index in [1.165, 1.54) is 6.92 Å². The van der Waals surface area contributed by atoms with Gasteiger partial charge in [-0.1, -0.05) is 18.2 Å². The lowest BCUT2D eigenvalue weighted by atomic mass is 10.1. The van der Waals surface area contributed by atoms with E-state index in [-0.39, 0.29) is 0 Å². The van der Waals surface area contributed by atoms with Gasteiger partial charge < -0.3 is 14.9 Å². The molecule has 0 unspecified atom stereocenters. The van der Waals surface area contributed by atoms with E-state index in [2.05, 4.69) is 14.9 Å². The van der Waals surface area contributed by atoms with Crippen molar-refractivity contribution in [2.45, 2.75) is 19.1 Å². The molecule has 0 heterocycles. The van der Waals surface area contributed by atoms with E-state index in [0.29, 0.717) is 5.56 Å². The predicted molar refractivity (Wildman–Crippen MR) is 67.3 cm³/mol. The van der Waals surface area contributed by atoms with E-state index in [9.17, 15) is 19.7 Å². The summed E-state index contributed by atoms with van der Waals surface area (Å²) in [4.78, 5) is 38.1. The van der Waals surface area contributed by atoms with Crippen molar-refractivity contribution in [3.05, 3.63) is 46.0 Å². The van der Waals surface area contributed by atoms with Gasteiger partial charge >= 0.3 is 5.97 Å². The van der Waals surface area contributed by atoms with E-state index >= 15 is 0 Å². The van der Waals surface area contributed by atoms with Gasteiger partial charge in [0.2, 0.25) is 0 Å². The first-order valence-electron chi connectivity index (χ1n) is 5.70. The third-order valence-corrected chi connectivity index (χ3v) is 2.50. The molecule has 8 nitrogen and oxygen atoms in total. The summed E-state index contributed by atoms with van der Waals surface area (Å²) >= 11 is 0. The van der Waals surface area contributed by atoms with Crippen molar-refractivity contribution in [1.29, 1.82) is 0 Å². The maximum Gasteiger partial charge on any atom is 0.330 e. The van der Waals surface area contributed by atoms with E-state index in [4.69, 9.17) is 0 Å². The topological polar surface area (TPSA) is 108 Å². The molecule has 1 aromatic carbocycles. The van der Waals surface area contributed by atoms with Crippen LogP contribution >= 0.6 is 0 Å². The van der Waals surface area contributed by atoms with E-state index in [1.54, 1.807) is 30.3 Å². The van der Waals surface area contributed by atoms with Gasteiger partial charge in [-0.05, 0) is 19.1 Å². The number of ether oxygens (including phenoxy) is 1. The zero-order chi connectivity index (χ0) is 15.1. The molecule has 0 radical (unpaired) electrons.